The normalized spacial score (nSPS) is 10.8. The Morgan fingerprint density at radius 3 is 1.81 bits per heavy atom. The second-order valence-corrected chi connectivity index (χ2v) is 8.03. The van der Waals surface area contributed by atoms with Crippen molar-refractivity contribution < 1.29 is 21.6 Å². The van der Waals surface area contributed by atoms with E-state index in [1.54, 1.807) is 24.3 Å². The first-order chi connectivity index (χ1) is 12.4. The Morgan fingerprint density at radius 2 is 1.38 bits per heavy atom. The zero-order valence-corrected chi connectivity index (χ0v) is 17.5. The minimum Gasteiger partial charge on any atom is -0.399 e. The molecule has 6 nitrogen and oxygen atoms in total. The van der Waals surface area contributed by atoms with Crippen LogP contribution in [-0.2, 0) is 19.0 Å². The van der Waals surface area contributed by atoms with Gasteiger partial charge in [-0.05, 0) is 23.7 Å². The molecule has 0 spiro atoms. The van der Waals surface area contributed by atoms with E-state index in [2.05, 4.69) is 11.1 Å². The fourth-order valence-electron chi connectivity index (χ4n) is 2.30. The Kier molecular flexibility index (Phi) is 15.4. The first kappa shape index (κ1) is 24.9. The highest BCUT2D eigenvalue weighted by molar-refractivity contribution is 7.80. The van der Waals surface area contributed by atoms with Crippen LogP contribution in [0, 0.1) is 0 Å². The number of unbranched alkanes of at least 4 members (excludes halogenated alkanes) is 9. The summed E-state index contributed by atoms with van der Waals surface area (Å²) >= 11 is 0. The lowest BCUT2D eigenvalue weighted by Gasteiger charge is -2.02. The van der Waals surface area contributed by atoms with Crippen LogP contribution in [0.5, 0.6) is 0 Å². The van der Waals surface area contributed by atoms with Crippen LogP contribution in [0.2, 0.25) is 0 Å². The van der Waals surface area contributed by atoms with Crippen molar-refractivity contribution in [2.24, 2.45) is 0 Å². The summed E-state index contributed by atoms with van der Waals surface area (Å²) in [6.45, 7) is 2.31. The fraction of sp³-hybridized carbons (Fsp3) is 0.667. The van der Waals surface area contributed by atoms with Crippen LogP contribution < -0.4 is 10.9 Å². The smallest absolute Gasteiger partial charge is 0.397 e. The van der Waals surface area contributed by atoms with Gasteiger partial charge in [0.25, 0.3) is 0 Å². The van der Waals surface area contributed by atoms with Gasteiger partial charge in [-0.3, -0.25) is 4.55 Å². The van der Waals surface area contributed by atoms with E-state index in [0.29, 0.717) is 12.1 Å². The lowest BCUT2D eigenvalue weighted by Crippen LogP contribution is -2.04. The zero-order valence-electron chi connectivity index (χ0n) is 15.7. The van der Waals surface area contributed by atoms with Crippen molar-refractivity contribution in [2.45, 2.75) is 71.1 Å². The molecule has 8 heteroatoms. The molecule has 0 fully saturated rings. The van der Waals surface area contributed by atoms with Crippen LogP contribution in [0.25, 0.3) is 0 Å². The molecule has 3 N–H and O–H groups in total. The predicted octanol–water partition coefficient (Wildman–Crippen LogP) is 3.67. The summed E-state index contributed by atoms with van der Waals surface area (Å²) in [6, 6.07) is 6.97. The summed E-state index contributed by atoms with van der Waals surface area (Å²) in [6.07, 6.45) is 11.9. The molecule has 0 aliphatic heterocycles. The highest BCUT2D eigenvalue weighted by Crippen LogP contribution is 2.10. The molecule has 0 aliphatic carbocycles. The summed E-state index contributed by atoms with van der Waals surface area (Å²) in [5, 5.41) is 0.809. The van der Waals surface area contributed by atoms with E-state index in [0.717, 1.165) is 18.0 Å². The lowest BCUT2D eigenvalue weighted by molar-refractivity contribution is 0.261. The van der Waals surface area contributed by atoms with Gasteiger partial charge < -0.3 is 10.2 Å². The van der Waals surface area contributed by atoms with Crippen LogP contribution >= 0.6 is 0 Å². The van der Waals surface area contributed by atoms with Crippen molar-refractivity contribution >= 4 is 30.7 Å². The molecule has 1 aromatic carbocycles. The molecule has 0 aliphatic rings. The summed E-state index contributed by atoms with van der Waals surface area (Å²) in [4.78, 5) is 0. The third-order valence-corrected chi connectivity index (χ3v) is 4.79. The topological polar surface area (TPSA) is 107 Å². The first-order valence-electron chi connectivity index (χ1n) is 9.24. The second kappa shape index (κ2) is 16.1. The molecule has 0 heterocycles. The molecule has 26 heavy (non-hydrogen) atoms. The van der Waals surface area contributed by atoms with E-state index >= 15 is 0 Å². The highest BCUT2D eigenvalue weighted by Gasteiger charge is 2.02. The van der Waals surface area contributed by atoms with Crippen molar-refractivity contribution in [1.82, 2.24) is 0 Å². The van der Waals surface area contributed by atoms with Crippen LogP contribution in [0.15, 0.2) is 24.3 Å². The Morgan fingerprint density at radius 1 is 0.923 bits per heavy atom. The molecule has 0 amide bonds. The molecule has 0 saturated heterocycles. The van der Waals surface area contributed by atoms with Crippen molar-refractivity contribution in [1.29, 1.82) is 0 Å². The van der Waals surface area contributed by atoms with Gasteiger partial charge in [-0.2, -0.15) is 8.42 Å². The molecule has 0 aromatic heterocycles. The number of benzene rings is 1. The Labute approximate surface area is 160 Å². The average molecular weight is 403 g/mol. The third kappa shape index (κ3) is 17.7. The number of rotatable bonds is 13. The van der Waals surface area contributed by atoms with E-state index < -0.39 is 10.4 Å². The van der Waals surface area contributed by atoms with Gasteiger partial charge in [0.1, 0.15) is 0 Å². The predicted molar refractivity (Wildman–Crippen MR) is 106 cm³/mol. The zero-order chi connectivity index (χ0) is 19.7. The van der Waals surface area contributed by atoms with Gasteiger partial charge in [0.15, 0.2) is 0 Å². The summed E-state index contributed by atoms with van der Waals surface area (Å²) in [7, 11) is -4.61. The number of anilines is 1. The first-order valence-corrected chi connectivity index (χ1v) is 11.5. The van der Waals surface area contributed by atoms with Crippen molar-refractivity contribution in [3.8, 4) is 0 Å². The largest absolute Gasteiger partial charge is 0.399 e. The van der Waals surface area contributed by atoms with E-state index in [9.17, 15) is 12.9 Å². The van der Waals surface area contributed by atoms with Crippen LogP contribution in [-0.4, -0.2) is 29.0 Å². The second-order valence-electron chi connectivity index (χ2n) is 6.16. The van der Waals surface area contributed by atoms with E-state index in [-0.39, 0.29) is 16.0 Å². The summed E-state index contributed by atoms with van der Waals surface area (Å²) < 4.78 is 43.2. The molecular weight excluding hydrogens is 370 g/mol. The molecule has 1 aromatic rings. The van der Waals surface area contributed by atoms with Gasteiger partial charge in [-0.15, -0.1) is 0 Å². The van der Waals surface area contributed by atoms with Gasteiger partial charge in [0.05, 0.1) is 6.61 Å². The molecule has 0 unspecified atom stereocenters. The summed E-state index contributed by atoms with van der Waals surface area (Å²) in [5.41, 5.74) is 6.09. The maximum absolute atomic E-state index is 10.2. The molecule has 0 bridgehead atoms. The van der Waals surface area contributed by atoms with Crippen LogP contribution in [0.1, 0.15) is 71.1 Å². The minimum absolute atomic E-state index is 0.0926. The number of nitrogen functional groups attached to an aromatic ring is 1. The monoisotopic (exact) mass is 402 g/mol. The van der Waals surface area contributed by atoms with Gasteiger partial charge in [0.2, 0.25) is 0 Å². The van der Waals surface area contributed by atoms with Crippen LogP contribution in [0.3, 0.4) is 0 Å². The van der Waals surface area contributed by atoms with E-state index in [1.807, 2.05) is 0 Å². The van der Waals surface area contributed by atoms with Gasteiger partial charge in [-0.25, -0.2) is 4.18 Å². The summed E-state index contributed by atoms with van der Waals surface area (Å²) in [5.74, 6) is 0. The van der Waals surface area contributed by atoms with Crippen molar-refractivity contribution in [3.63, 3.8) is 0 Å². The number of hydrogen-bond acceptors (Lipinski definition) is 5. The van der Waals surface area contributed by atoms with Crippen molar-refractivity contribution in [3.05, 3.63) is 24.3 Å². The maximum Gasteiger partial charge on any atom is 0.397 e. The Hall–Kier alpha value is -1.09. The third-order valence-electron chi connectivity index (χ3n) is 3.76. The molecular formula is C18H32NO5SSi. The average Bonchev–Trinajstić information content (AvgIpc) is 2.60. The lowest BCUT2D eigenvalue weighted by atomic mass is 10.1. The Balaban J connectivity index is 0.000000577. The quantitative estimate of drug-likeness (QED) is 0.226. The Bertz CT molecular complexity index is 563. The molecule has 1 radical (unpaired) electrons. The number of nitrogens with two attached hydrogens (primary N) is 1. The van der Waals surface area contributed by atoms with Gasteiger partial charge >= 0.3 is 19.8 Å². The highest BCUT2D eigenvalue weighted by atomic mass is 32.3. The fourth-order valence-corrected chi connectivity index (χ4v) is 2.94. The minimum atomic E-state index is -4.23. The van der Waals surface area contributed by atoms with Gasteiger partial charge in [-0.1, -0.05) is 76.8 Å². The number of hydrogen-bond donors (Lipinski definition) is 2. The maximum atomic E-state index is 10.2. The van der Waals surface area contributed by atoms with E-state index in [1.165, 1.54) is 44.9 Å². The van der Waals surface area contributed by atoms with Crippen LogP contribution in [0.4, 0.5) is 5.69 Å². The molecule has 0 atom stereocenters. The van der Waals surface area contributed by atoms with Crippen molar-refractivity contribution in [2.75, 3.05) is 12.3 Å². The van der Waals surface area contributed by atoms with Gasteiger partial charge in [0, 0.05) is 5.69 Å². The molecule has 149 valence electrons. The van der Waals surface area contributed by atoms with E-state index in [4.69, 9.17) is 10.3 Å². The standard InChI is InChI=1S/C12H26O4S.C6H6NOSi/c1-2-3-4-5-6-7-8-9-10-11-12-16-17(13,14)15;7-5-1-3-6(9-8)4-2-5/h2-12H2,1H3,(H,13,14,15);1-4H,7H2. The molecule has 0 saturated carbocycles. The molecule has 1 rings (SSSR count). The SMILES string of the molecule is CCCCCCCCCCCCOS(=O)(=O)O.Nc1ccc([Si]=O)cc1.